The van der Waals surface area contributed by atoms with E-state index in [1.54, 1.807) is 0 Å². The summed E-state index contributed by atoms with van der Waals surface area (Å²) in [6, 6.07) is 0. The van der Waals surface area contributed by atoms with E-state index in [0.717, 1.165) is 6.42 Å². The van der Waals surface area contributed by atoms with Crippen molar-refractivity contribution in [2.75, 3.05) is 13.1 Å². The largest absolute Gasteiger partial charge is 0.349 e. The lowest BCUT2D eigenvalue weighted by Crippen LogP contribution is -2.53. The van der Waals surface area contributed by atoms with Gasteiger partial charge >= 0.3 is 12.3 Å². The van der Waals surface area contributed by atoms with Crippen LogP contribution in [0.3, 0.4) is 0 Å². The molecule has 3 N–H and O–H groups in total. The Bertz CT molecular complexity index is 261. The Balaban J connectivity index is 2.47. The first-order valence-electron chi connectivity index (χ1n) is 4.98. The molecule has 1 aliphatic rings. The molecule has 3 nitrogen and oxygen atoms in total. The first kappa shape index (κ1) is 13.2. The van der Waals surface area contributed by atoms with E-state index in [9.17, 15) is 22.4 Å². The van der Waals surface area contributed by atoms with Crippen molar-refractivity contribution in [1.82, 2.24) is 5.32 Å². The summed E-state index contributed by atoms with van der Waals surface area (Å²) in [5, 5.41) is 1.85. The molecule has 0 saturated heterocycles. The van der Waals surface area contributed by atoms with Crippen molar-refractivity contribution in [3.05, 3.63) is 0 Å². The number of amides is 1. The SMILES string of the molecule is NCC1(C(=O)NCC(F)(F)C(F)F)CCC1. The summed E-state index contributed by atoms with van der Waals surface area (Å²) in [6.07, 6.45) is -1.93. The van der Waals surface area contributed by atoms with Gasteiger partial charge in [0.05, 0.1) is 12.0 Å². The Morgan fingerprint density at radius 2 is 2.00 bits per heavy atom. The van der Waals surface area contributed by atoms with Gasteiger partial charge < -0.3 is 11.1 Å². The van der Waals surface area contributed by atoms with Crippen LogP contribution in [0.15, 0.2) is 0 Å². The van der Waals surface area contributed by atoms with Crippen LogP contribution in [0.1, 0.15) is 19.3 Å². The number of hydrogen-bond acceptors (Lipinski definition) is 2. The van der Waals surface area contributed by atoms with E-state index in [-0.39, 0.29) is 6.54 Å². The molecule has 0 aromatic rings. The van der Waals surface area contributed by atoms with Gasteiger partial charge in [-0.25, -0.2) is 8.78 Å². The molecular formula is C9H14F4N2O. The fourth-order valence-electron chi connectivity index (χ4n) is 1.59. The second-order valence-corrected chi connectivity index (χ2v) is 4.08. The van der Waals surface area contributed by atoms with Crippen LogP contribution >= 0.6 is 0 Å². The molecule has 0 aromatic carbocycles. The van der Waals surface area contributed by atoms with Gasteiger partial charge in [-0.3, -0.25) is 4.79 Å². The summed E-state index contributed by atoms with van der Waals surface area (Å²) in [4.78, 5) is 11.5. The van der Waals surface area contributed by atoms with Gasteiger partial charge in [-0.05, 0) is 12.8 Å². The van der Waals surface area contributed by atoms with Crippen LogP contribution in [0.25, 0.3) is 0 Å². The summed E-state index contributed by atoms with van der Waals surface area (Å²) in [5.74, 6) is -4.84. The van der Waals surface area contributed by atoms with Crippen molar-refractivity contribution in [3.63, 3.8) is 0 Å². The van der Waals surface area contributed by atoms with Crippen LogP contribution in [-0.2, 0) is 4.79 Å². The topological polar surface area (TPSA) is 55.1 Å². The molecule has 0 spiro atoms. The summed E-state index contributed by atoms with van der Waals surface area (Å²) in [6.45, 7) is -1.29. The third kappa shape index (κ3) is 2.45. The maximum atomic E-state index is 12.5. The van der Waals surface area contributed by atoms with Crippen molar-refractivity contribution in [2.24, 2.45) is 11.1 Å². The van der Waals surface area contributed by atoms with Gasteiger partial charge in [0, 0.05) is 6.54 Å². The zero-order valence-electron chi connectivity index (χ0n) is 8.61. The average Bonchev–Trinajstić information content (AvgIpc) is 2.14. The molecular weight excluding hydrogens is 228 g/mol. The number of halogens is 4. The van der Waals surface area contributed by atoms with E-state index in [4.69, 9.17) is 5.73 Å². The molecule has 94 valence electrons. The lowest BCUT2D eigenvalue weighted by molar-refractivity contribution is -0.145. The van der Waals surface area contributed by atoms with Crippen LogP contribution in [0.2, 0.25) is 0 Å². The zero-order valence-corrected chi connectivity index (χ0v) is 8.61. The maximum absolute atomic E-state index is 12.5. The Kier molecular flexibility index (Phi) is 3.77. The standard InChI is InChI=1S/C9H14F4N2O/c10-6(11)9(12,13)5-15-7(16)8(4-14)2-1-3-8/h6H,1-5,14H2,(H,15,16). The molecule has 0 radical (unpaired) electrons. The molecule has 0 aromatic heterocycles. The van der Waals surface area contributed by atoms with Gasteiger partial charge in [0.25, 0.3) is 0 Å². The summed E-state index contributed by atoms with van der Waals surface area (Å²) in [5.41, 5.74) is 4.55. The van der Waals surface area contributed by atoms with Gasteiger partial charge in [-0.1, -0.05) is 6.42 Å². The van der Waals surface area contributed by atoms with Crippen LogP contribution in [-0.4, -0.2) is 31.3 Å². The number of nitrogens with two attached hydrogens (primary N) is 1. The molecule has 0 aliphatic heterocycles. The van der Waals surface area contributed by atoms with E-state index in [0.29, 0.717) is 12.8 Å². The van der Waals surface area contributed by atoms with Gasteiger partial charge in [0.2, 0.25) is 5.91 Å². The number of alkyl halides is 4. The van der Waals surface area contributed by atoms with E-state index in [1.807, 2.05) is 5.32 Å². The van der Waals surface area contributed by atoms with Crippen LogP contribution < -0.4 is 11.1 Å². The fourth-order valence-corrected chi connectivity index (χ4v) is 1.59. The van der Waals surface area contributed by atoms with Crippen molar-refractivity contribution >= 4 is 5.91 Å². The van der Waals surface area contributed by atoms with Crippen LogP contribution in [0, 0.1) is 5.41 Å². The van der Waals surface area contributed by atoms with Crippen LogP contribution in [0.4, 0.5) is 17.6 Å². The number of carbonyl (C=O) groups is 1. The molecule has 16 heavy (non-hydrogen) atoms. The van der Waals surface area contributed by atoms with Gasteiger partial charge in [-0.2, -0.15) is 8.78 Å². The quantitative estimate of drug-likeness (QED) is 0.710. The lowest BCUT2D eigenvalue weighted by Gasteiger charge is -2.39. The average molecular weight is 242 g/mol. The fraction of sp³-hybridized carbons (Fsp3) is 0.889. The second-order valence-electron chi connectivity index (χ2n) is 4.08. The third-order valence-corrected chi connectivity index (χ3v) is 2.99. The Morgan fingerprint density at radius 1 is 1.44 bits per heavy atom. The van der Waals surface area contributed by atoms with Crippen molar-refractivity contribution in [2.45, 2.75) is 31.6 Å². The molecule has 1 saturated carbocycles. The van der Waals surface area contributed by atoms with Crippen molar-refractivity contribution < 1.29 is 22.4 Å². The number of nitrogens with one attached hydrogen (secondary N) is 1. The van der Waals surface area contributed by atoms with Gasteiger partial charge in [-0.15, -0.1) is 0 Å². The maximum Gasteiger partial charge on any atom is 0.324 e. The first-order valence-corrected chi connectivity index (χ1v) is 4.98. The van der Waals surface area contributed by atoms with Crippen molar-refractivity contribution in [1.29, 1.82) is 0 Å². The predicted octanol–water partition coefficient (Wildman–Crippen LogP) is 1.13. The van der Waals surface area contributed by atoms with E-state index >= 15 is 0 Å². The minimum atomic E-state index is -4.19. The van der Waals surface area contributed by atoms with E-state index in [2.05, 4.69) is 0 Å². The van der Waals surface area contributed by atoms with Crippen molar-refractivity contribution in [3.8, 4) is 0 Å². The minimum Gasteiger partial charge on any atom is -0.349 e. The molecule has 0 unspecified atom stereocenters. The molecule has 0 atom stereocenters. The minimum absolute atomic E-state index is 0.0546. The number of hydrogen-bond donors (Lipinski definition) is 2. The van der Waals surface area contributed by atoms with E-state index in [1.165, 1.54) is 0 Å². The molecule has 1 rings (SSSR count). The highest BCUT2D eigenvalue weighted by Crippen LogP contribution is 2.40. The van der Waals surface area contributed by atoms with Crippen LogP contribution in [0.5, 0.6) is 0 Å². The monoisotopic (exact) mass is 242 g/mol. The highest BCUT2D eigenvalue weighted by molar-refractivity contribution is 5.83. The Labute approximate surface area is 90.4 Å². The summed E-state index contributed by atoms with van der Waals surface area (Å²) >= 11 is 0. The summed E-state index contributed by atoms with van der Waals surface area (Å²) < 4.78 is 48.7. The highest BCUT2D eigenvalue weighted by Gasteiger charge is 2.46. The second kappa shape index (κ2) is 4.57. The summed E-state index contributed by atoms with van der Waals surface area (Å²) in [7, 11) is 0. The molecule has 1 fully saturated rings. The lowest BCUT2D eigenvalue weighted by atomic mass is 9.68. The Morgan fingerprint density at radius 3 is 2.31 bits per heavy atom. The van der Waals surface area contributed by atoms with E-state index < -0.39 is 30.2 Å². The smallest absolute Gasteiger partial charge is 0.324 e. The molecule has 1 aliphatic carbocycles. The molecule has 1 amide bonds. The first-order chi connectivity index (χ1) is 7.34. The zero-order chi connectivity index (χ0) is 12.4. The van der Waals surface area contributed by atoms with Gasteiger partial charge in [0.1, 0.15) is 0 Å². The normalized spacial score (nSPS) is 19.4. The number of rotatable bonds is 5. The molecule has 0 heterocycles. The highest BCUT2D eigenvalue weighted by atomic mass is 19.3. The predicted molar refractivity (Wildman–Crippen MR) is 49.3 cm³/mol. The Hall–Kier alpha value is -0.850. The third-order valence-electron chi connectivity index (χ3n) is 2.99. The van der Waals surface area contributed by atoms with Gasteiger partial charge in [0.15, 0.2) is 0 Å². The molecule has 0 bridgehead atoms. The number of carbonyl (C=O) groups excluding carboxylic acids is 1. The molecule has 7 heteroatoms.